The molecule has 66 heavy (non-hydrogen) atoms. The fourth-order valence-corrected chi connectivity index (χ4v) is 6.99. The fourth-order valence-electron chi connectivity index (χ4n) is 6.99. The summed E-state index contributed by atoms with van der Waals surface area (Å²) in [5.74, 6) is -1.01. The topological polar surface area (TPSA) is 78.9 Å². The summed E-state index contributed by atoms with van der Waals surface area (Å²) in [5.41, 5.74) is 0. The van der Waals surface area contributed by atoms with Crippen molar-refractivity contribution in [3.05, 3.63) is 109 Å². The van der Waals surface area contributed by atoms with Crippen LogP contribution in [-0.4, -0.2) is 37.2 Å². The Morgan fingerprint density at radius 1 is 0.318 bits per heavy atom. The molecule has 6 nitrogen and oxygen atoms in total. The van der Waals surface area contributed by atoms with Crippen LogP contribution >= 0.6 is 0 Å². The first kappa shape index (κ1) is 62.1. The third-order valence-corrected chi connectivity index (χ3v) is 11.0. The summed E-state index contributed by atoms with van der Waals surface area (Å²) >= 11 is 0. The van der Waals surface area contributed by atoms with Gasteiger partial charge in [0.1, 0.15) is 13.2 Å². The highest BCUT2D eigenvalue weighted by molar-refractivity contribution is 5.71. The summed E-state index contributed by atoms with van der Waals surface area (Å²) in [5, 5.41) is 0. The van der Waals surface area contributed by atoms with Crippen molar-refractivity contribution < 1.29 is 28.6 Å². The van der Waals surface area contributed by atoms with Crippen LogP contribution in [0.25, 0.3) is 0 Å². The van der Waals surface area contributed by atoms with Crippen LogP contribution in [-0.2, 0) is 28.6 Å². The van der Waals surface area contributed by atoms with Crippen molar-refractivity contribution in [2.75, 3.05) is 13.2 Å². The highest BCUT2D eigenvalue weighted by atomic mass is 16.6. The Morgan fingerprint density at radius 3 is 1.00 bits per heavy atom. The zero-order valence-electron chi connectivity index (χ0n) is 42.7. The molecule has 0 aromatic heterocycles. The van der Waals surface area contributed by atoms with Crippen molar-refractivity contribution in [2.24, 2.45) is 0 Å². The molecule has 0 saturated heterocycles. The highest BCUT2D eigenvalue weighted by Crippen LogP contribution is 2.14. The summed E-state index contributed by atoms with van der Waals surface area (Å²) in [7, 11) is 0. The minimum Gasteiger partial charge on any atom is -0.462 e. The lowest BCUT2D eigenvalue weighted by Gasteiger charge is -2.18. The zero-order chi connectivity index (χ0) is 47.9. The standard InChI is InChI=1S/C60H98O6/c1-4-7-10-13-16-19-22-25-27-29-30-32-33-35-38-41-44-47-50-53-59(62)65-56-57(55-64-58(61)52-49-46-43-40-37-24-21-18-15-12-9-6-3)66-60(63)54-51-48-45-42-39-36-34-31-28-26-23-20-17-14-11-8-5-2/h8,11,16-17,19-20,25-28,30,32,34-36,38,42,45,57H,4-7,9-10,12-15,18,21-24,29,31,33,37,39-41,43-44,46-56H2,1-3H3/b11-8-,19-16-,20-17-,27-25-,28-26-,32-30-,36-34-,38-35-,45-42-/t57-/m0/s1. The normalized spacial score (nSPS) is 13.0. The molecule has 0 N–H and O–H groups in total. The number of esters is 3. The van der Waals surface area contributed by atoms with Crippen LogP contribution in [0.4, 0.5) is 0 Å². The van der Waals surface area contributed by atoms with Crippen LogP contribution in [0.1, 0.15) is 233 Å². The van der Waals surface area contributed by atoms with Crippen molar-refractivity contribution in [1.29, 1.82) is 0 Å². The average molecular weight is 915 g/mol. The van der Waals surface area contributed by atoms with Gasteiger partial charge in [-0.2, -0.15) is 0 Å². The molecule has 0 fully saturated rings. The first-order valence-corrected chi connectivity index (χ1v) is 26.9. The molecular weight excluding hydrogens is 817 g/mol. The van der Waals surface area contributed by atoms with Crippen LogP contribution in [0.3, 0.4) is 0 Å². The van der Waals surface area contributed by atoms with Gasteiger partial charge in [0.2, 0.25) is 0 Å². The molecule has 0 aliphatic carbocycles. The number of unbranched alkanes of at least 4 members (excludes halogenated alkanes) is 18. The lowest BCUT2D eigenvalue weighted by atomic mass is 10.0. The van der Waals surface area contributed by atoms with Gasteiger partial charge in [0.25, 0.3) is 0 Å². The monoisotopic (exact) mass is 915 g/mol. The predicted octanol–water partition coefficient (Wildman–Crippen LogP) is 17.9. The van der Waals surface area contributed by atoms with Gasteiger partial charge in [-0.1, -0.05) is 220 Å². The molecule has 0 spiro atoms. The van der Waals surface area contributed by atoms with E-state index in [9.17, 15) is 14.4 Å². The number of allylic oxidation sites excluding steroid dienone is 18. The quantitative estimate of drug-likeness (QED) is 0.0262. The Balaban J connectivity index is 4.53. The van der Waals surface area contributed by atoms with E-state index < -0.39 is 6.10 Å². The molecule has 0 saturated carbocycles. The van der Waals surface area contributed by atoms with Gasteiger partial charge < -0.3 is 14.2 Å². The second-order valence-corrected chi connectivity index (χ2v) is 17.4. The van der Waals surface area contributed by atoms with Gasteiger partial charge in [0.05, 0.1) is 0 Å². The number of ether oxygens (including phenoxy) is 3. The maximum atomic E-state index is 12.8. The van der Waals surface area contributed by atoms with Crippen LogP contribution in [0.15, 0.2) is 109 Å². The summed E-state index contributed by atoms with van der Waals surface area (Å²) in [6, 6.07) is 0. The second kappa shape index (κ2) is 53.7. The van der Waals surface area contributed by atoms with Gasteiger partial charge in [-0.05, 0) is 103 Å². The highest BCUT2D eigenvalue weighted by Gasteiger charge is 2.19. The van der Waals surface area contributed by atoms with Gasteiger partial charge in [0, 0.05) is 19.3 Å². The van der Waals surface area contributed by atoms with Gasteiger partial charge >= 0.3 is 17.9 Å². The average Bonchev–Trinajstić information content (AvgIpc) is 3.31. The van der Waals surface area contributed by atoms with Crippen molar-refractivity contribution in [3.8, 4) is 0 Å². The second-order valence-electron chi connectivity index (χ2n) is 17.4. The Bertz CT molecular complexity index is 1370. The van der Waals surface area contributed by atoms with E-state index in [2.05, 4.69) is 130 Å². The molecule has 0 unspecified atom stereocenters. The Morgan fingerprint density at radius 2 is 0.606 bits per heavy atom. The van der Waals surface area contributed by atoms with E-state index in [0.717, 1.165) is 103 Å². The van der Waals surface area contributed by atoms with Gasteiger partial charge in [-0.25, -0.2) is 0 Å². The maximum Gasteiger partial charge on any atom is 0.306 e. The maximum absolute atomic E-state index is 12.8. The van der Waals surface area contributed by atoms with E-state index in [4.69, 9.17) is 14.2 Å². The fraction of sp³-hybridized carbons (Fsp3) is 0.650. The SMILES string of the molecule is CC/C=C\C/C=C\C/C=C\C/C=C\C/C=C\CCCC(=O)O[C@H](COC(=O)CCCCC/C=C\C/C=C\C/C=C\C/C=C\CCCCC)COC(=O)CCCCCCCCCCCCCC. The molecule has 0 bridgehead atoms. The van der Waals surface area contributed by atoms with Crippen LogP contribution < -0.4 is 0 Å². The van der Waals surface area contributed by atoms with E-state index in [-0.39, 0.29) is 37.5 Å². The molecule has 1 atom stereocenters. The van der Waals surface area contributed by atoms with E-state index in [0.29, 0.717) is 19.3 Å². The Kier molecular flexibility index (Phi) is 50.5. The first-order valence-electron chi connectivity index (χ1n) is 26.9. The smallest absolute Gasteiger partial charge is 0.306 e. The van der Waals surface area contributed by atoms with Crippen LogP contribution in [0, 0.1) is 0 Å². The van der Waals surface area contributed by atoms with E-state index >= 15 is 0 Å². The third kappa shape index (κ3) is 51.1. The molecule has 0 aromatic carbocycles. The largest absolute Gasteiger partial charge is 0.462 e. The van der Waals surface area contributed by atoms with E-state index in [1.54, 1.807) is 0 Å². The van der Waals surface area contributed by atoms with Crippen LogP contribution in [0.2, 0.25) is 0 Å². The number of carbonyl (C=O) groups excluding carboxylic acids is 3. The molecule has 0 heterocycles. The first-order chi connectivity index (χ1) is 32.5. The van der Waals surface area contributed by atoms with Gasteiger partial charge in [0.15, 0.2) is 6.10 Å². The molecule has 374 valence electrons. The van der Waals surface area contributed by atoms with Crippen molar-refractivity contribution in [2.45, 2.75) is 239 Å². The number of hydrogen-bond donors (Lipinski definition) is 0. The summed E-state index contributed by atoms with van der Waals surface area (Å²) in [6.45, 7) is 6.41. The number of rotatable bonds is 47. The summed E-state index contributed by atoms with van der Waals surface area (Å²) < 4.78 is 16.7. The molecular formula is C60H98O6. The molecule has 6 heteroatoms. The van der Waals surface area contributed by atoms with Gasteiger partial charge in [-0.15, -0.1) is 0 Å². The summed E-state index contributed by atoms with van der Waals surface area (Å²) in [6.07, 6.45) is 72.2. The molecule has 0 rings (SSSR count). The molecule has 0 amide bonds. The lowest BCUT2D eigenvalue weighted by Crippen LogP contribution is -2.30. The Labute approximate surface area is 406 Å². The van der Waals surface area contributed by atoms with E-state index in [1.165, 1.54) is 83.5 Å². The summed E-state index contributed by atoms with van der Waals surface area (Å²) in [4.78, 5) is 38.0. The van der Waals surface area contributed by atoms with E-state index in [1.807, 2.05) is 0 Å². The van der Waals surface area contributed by atoms with Gasteiger partial charge in [-0.3, -0.25) is 14.4 Å². The third-order valence-electron chi connectivity index (χ3n) is 11.0. The van der Waals surface area contributed by atoms with Crippen LogP contribution in [0.5, 0.6) is 0 Å². The van der Waals surface area contributed by atoms with Crippen molar-refractivity contribution in [3.63, 3.8) is 0 Å². The van der Waals surface area contributed by atoms with Crippen molar-refractivity contribution in [1.82, 2.24) is 0 Å². The molecule has 0 aromatic rings. The zero-order valence-corrected chi connectivity index (χ0v) is 42.7. The Hall–Kier alpha value is -3.93. The molecule has 0 radical (unpaired) electrons. The minimum atomic E-state index is -0.821. The van der Waals surface area contributed by atoms with Crippen molar-refractivity contribution >= 4 is 17.9 Å². The lowest BCUT2D eigenvalue weighted by molar-refractivity contribution is -0.167. The predicted molar refractivity (Wildman–Crippen MR) is 283 cm³/mol. The molecule has 0 aliphatic rings. The minimum absolute atomic E-state index is 0.111. The number of hydrogen-bond acceptors (Lipinski definition) is 6. The number of carbonyl (C=O) groups is 3. The molecule has 0 aliphatic heterocycles.